The molecule has 2 amide bonds. The zero-order chi connectivity index (χ0) is 18.9. The molecule has 0 N–H and O–H groups in total. The van der Waals surface area contributed by atoms with Crippen LogP contribution in [0.2, 0.25) is 10.3 Å². The van der Waals surface area contributed by atoms with Crippen molar-refractivity contribution in [3.05, 3.63) is 27.8 Å². The summed E-state index contributed by atoms with van der Waals surface area (Å²) in [5.74, 6) is -1.27. The molecule has 0 bridgehead atoms. The molecule has 0 aromatic carbocycles. The van der Waals surface area contributed by atoms with Crippen LogP contribution < -0.4 is 0 Å². The molecule has 6 nitrogen and oxygen atoms in total. The van der Waals surface area contributed by atoms with E-state index in [0.29, 0.717) is 6.54 Å². The third-order valence-electron chi connectivity index (χ3n) is 3.66. The minimum Gasteiger partial charge on any atom is -0.444 e. The number of ether oxygens (including phenoxy) is 1. The van der Waals surface area contributed by atoms with E-state index in [2.05, 4.69) is 4.98 Å². The second-order valence-corrected chi connectivity index (χ2v) is 7.59. The third-order valence-corrected chi connectivity index (χ3v) is 4.21. The Bertz CT molecular complexity index is 694. The van der Waals surface area contributed by atoms with E-state index in [-0.39, 0.29) is 35.0 Å². The number of hydrogen-bond donors (Lipinski definition) is 0. The lowest BCUT2D eigenvalue weighted by Crippen LogP contribution is -2.56. The van der Waals surface area contributed by atoms with Gasteiger partial charge in [-0.05, 0) is 33.8 Å². The Labute approximate surface area is 155 Å². The minimum absolute atomic E-state index is 0.0542. The number of piperazine rings is 1. The maximum absolute atomic E-state index is 13.6. The van der Waals surface area contributed by atoms with Gasteiger partial charge in [0.05, 0.1) is 5.56 Å². The smallest absolute Gasteiger partial charge is 0.410 e. The molecule has 0 spiro atoms. The number of aromatic nitrogens is 1. The zero-order valence-electron chi connectivity index (χ0n) is 14.5. The van der Waals surface area contributed by atoms with Gasteiger partial charge in [-0.2, -0.15) is 0 Å². The summed E-state index contributed by atoms with van der Waals surface area (Å²) >= 11 is 11.5. The molecule has 1 atom stereocenters. The van der Waals surface area contributed by atoms with Crippen LogP contribution in [0.15, 0.2) is 6.07 Å². The summed E-state index contributed by atoms with van der Waals surface area (Å²) < 4.78 is 19.0. The Morgan fingerprint density at radius 2 is 1.92 bits per heavy atom. The highest BCUT2D eigenvalue weighted by Gasteiger charge is 2.33. The van der Waals surface area contributed by atoms with Crippen molar-refractivity contribution in [3.63, 3.8) is 0 Å². The predicted octanol–water partition coefficient (Wildman–Crippen LogP) is 3.61. The molecular weight excluding hydrogens is 372 g/mol. The molecule has 25 heavy (non-hydrogen) atoms. The average Bonchev–Trinajstić information content (AvgIpc) is 2.48. The van der Waals surface area contributed by atoms with Gasteiger partial charge in [-0.25, -0.2) is 14.2 Å². The molecule has 1 fully saturated rings. The number of hydrogen-bond acceptors (Lipinski definition) is 4. The van der Waals surface area contributed by atoms with E-state index in [0.717, 1.165) is 6.07 Å². The summed E-state index contributed by atoms with van der Waals surface area (Å²) in [6.45, 7) is 8.05. The van der Waals surface area contributed by atoms with Crippen LogP contribution in [0.3, 0.4) is 0 Å². The van der Waals surface area contributed by atoms with E-state index in [9.17, 15) is 14.0 Å². The van der Waals surface area contributed by atoms with Gasteiger partial charge in [0.15, 0.2) is 11.0 Å². The lowest BCUT2D eigenvalue weighted by atomic mass is 10.1. The van der Waals surface area contributed by atoms with E-state index >= 15 is 0 Å². The van der Waals surface area contributed by atoms with Crippen LogP contribution in [-0.2, 0) is 4.74 Å². The van der Waals surface area contributed by atoms with Crippen LogP contribution in [0, 0.1) is 5.82 Å². The Morgan fingerprint density at radius 3 is 2.48 bits per heavy atom. The van der Waals surface area contributed by atoms with Gasteiger partial charge in [-0.3, -0.25) is 4.79 Å². The van der Waals surface area contributed by atoms with Crippen molar-refractivity contribution in [1.82, 2.24) is 14.8 Å². The molecule has 9 heteroatoms. The fraction of sp³-hybridized carbons (Fsp3) is 0.562. The first-order chi connectivity index (χ1) is 11.5. The zero-order valence-corrected chi connectivity index (χ0v) is 16.0. The number of halogens is 3. The molecule has 1 aliphatic heterocycles. The van der Waals surface area contributed by atoms with E-state index in [1.165, 1.54) is 4.90 Å². The van der Waals surface area contributed by atoms with Crippen LogP contribution in [0.25, 0.3) is 0 Å². The summed E-state index contributed by atoms with van der Waals surface area (Å²) in [7, 11) is 0. The Kier molecular flexibility index (Phi) is 5.79. The summed E-state index contributed by atoms with van der Waals surface area (Å²) in [5, 5.41) is -0.539. The summed E-state index contributed by atoms with van der Waals surface area (Å²) in [6, 6.07) is 0.724. The standard InChI is InChI=1S/C16H20Cl2FN3O3/c1-9-8-21(5-6-22(9)15(24)25-16(2,3)4)14(23)10-7-11(19)13(18)20-12(10)17/h7,9H,5-6,8H2,1-4H3. The van der Waals surface area contributed by atoms with Crippen LogP contribution in [0.1, 0.15) is 38.1 Å². The fourth-order valence-electron chi connectivity index (χ4n) is 2.50. The first kappa shape index (κ1) is 19.7. The number of carbonyl (C=O) groups is 2. The normalized spacial score (nSPS) is 18.3. The molecule has 0 saturated carbocycles. The van der Waals surface area contributed by atoms with Gasteiger partial charge in [0.25, 0.3) is 5.91 Å². The average molecular weight is 392 g/mol. The molecule has 138 valence electrons. The van der Waals surface area contributed by atoms with Gasteiger partial charge in [0.1, 0.15) is 10.8 Å². The molecule has 2 heterocycles. The van der Waals surface area contributed by atoms with Gasteiger partial charge < -0.3 is 14.5 Å². The van der Waals surface area contributed by atoms with E-state index in [4.69, 9.17) is 27.9 Å². The highest BCUT2D eigenvalue weighted by atomic mass is 35.5. The number of pyridine rings is 1. The van der Waals surface area contributed by atoms with Crippen molar-refractivity contribution < 1.29 is 18.7 Å². The quantitative estimate of drug-likeness (QED) is 0.685. The van der Waals surface area contributed by atoms with E-state index in [1.54, 1.807) is 25.7 Å². The summed E-state index contributed by atoms with van der Waals surface area (Å²) in [4.78, 5) is 31.5. The maximum Gasteiger partial charge on any atom is 0.410 e. The Hall–Kier alpha value is -1.60. The van der Waals surface area contributed by atoms with Crippen LogP contribution >= 0.6 is 23.2 Å². The maximum atomic E-state index is 13.6. The SMILES string of the molecule is CC1CN(C(=O)c2cc(F)c(Cl)nc2Cl)CCN1C(=O)OC(C)(C)C. The first-order valence-electron chi connectivity index (χ1n) is 7.80. The largest absolute Gasteiger partial charge is 0.444 e. The summed E-state index contributed by atoms with van der Waals surface area (Å²) in [6.07, 6.45) is -0.427. The van der Waals surface area contributed by atoms with Gasteiger partial charge in [0.2, 0.25) is 0 Å². The highest BCUT2D eigenvalue weighted by molar-refractivity contribution is 6.34. The Morgan fingerprint density at radius 1 is 1.28 bits per heavy atom. The second kappa shape index (κ2) is 7.33. The third kappa shape index (κ3) is 4.73. The first-order valence-corrected chi connectivity index (χ1v) is 8.55. The van der Waals surface area contributed by atoms with Crippen LogP contribution in [0.4, 0.5) is 9.18 Å². The van der Waals surface area contributed by atoms with Crippen molar-refractivity contribution in [1.29, 1.82) is 0 Å². The van der Waals surface area contributed by atoms with Crippen LogP contribution in [0.5, 0.6) is 0 Å². The van der Waals surface area contributed by atoms with E-state index < -0.39 is 23.4 Å². The number of nitrogens with zero attached hydrogens (tertiary/aromatic N) is 3. The fourth-order valence-corrected chi connectivity index (χ4v) is 2.90. The monoisotopic (exact) mass is 391 g/mol. The molecule has 1 aromatic heterocycles. The van der Waals surface area contributed by atoms with Gasteiger partial charge in [-0.1, -0.05) is 23.2 Å². The van der Waals surface area contributed by atoms with E-state index in [1.807, 2.05) is 6.92 Å². The number of carbonyl (C=O) groups excluding carboxylic acids is 2. The minimum atomic E-state index is -0.810. The van der Waals surface area contributed by atoms with Crippen LogP contribution in [-0.4, -0.2) is 58.1 Å². The second-order valence-electron chi connectivity index (χ2n) is 6.87. The number of amides is 2. The molecule has 0 aliphatic carbocycles. The van der Waals surface area contributed by atoms with Crippen molar-refractivity contribution >= 4 is 35.2 Å². The van der Waals surface area contributed by atoms with Gasteiger partial charge >= 0.3 is 6.09 Å². The molecule has 1 unspecified atom stereocenters. The topological polar surface area (TPSA) is 62.7 Å². The Balaban J connectivity index is 2.09. The van der Waals surface area contributed by atoms with Crippen molar-refractivity contribution in [3.8, 4) is 0 Å². The lowest BCUT2D eigenvalue weighted by molar-refractivity contribution is 0.00197. The molecule has 1 saturated heterocycles. The molecule has 2 rings (SSSR count). The van der Waals surface area contributed by atoms with Crippen molar-refractivity contribution in [2.75, 3.05) is 19.6 Å². The molecular formula is C16H20Cl2FN3O3. The van der Waals surface area contributed by atoms with Crippen molar-refractivity contribution in [2.45, 2.75) is 39.3 Å². The van der Waals surface area contributed by atoms with Gasteiger partial charge in [0, 0.05) is 25.7 Å². The molecule has 0 radical (unpaired) electrons. The lowest BCUT2D eigenvalue weighted by Gasteiger charge is -2.40. The molecule has 1 aromatic rings. The highest BCUT2D eigenvalue weighted by Crippen LogP contribution is 2.23. The predicted molar refractivity (Wildman–Crippen MR) is 92.5 cm³/mol. The molecule has 1 aliphatic rings. The number of rotatable bonds is 1. The van der Waals surface area contributed by atoms with Gasteiger partial charge in [-0.15, -0.1) is 0 Å². The van der Waals surface area contributed by atoms with Crippen molar-refractivity contribution in [2.24, 2.45) is 0 Å². The summed E-state index contributed by atoms with van der Waals surface area (Å²) in [5.41, 5.74) is -0.648.